The minimum atomic E-state index is -4.31. The number of alkyl halides is 3. The van der Waals surface area contributed by atoms with Crippen molar-refractivity contribution in [2.75, 3.05) is 6.73 Å². The number of nitrogens with zero attached hydrogens (tertiary/aromatic N) is 1. The van der Waals surface area contributed by atoms with Crippen molar-refractivity contribution >= 4 is 5.90 Å². The summed E-state index contributed by atoms with van der Waals surface area (Å²) in [5.41, 5.74) is 2.40. The molecule has 1 aromatic rings. The summed E-state index contributed by atoms with van der Waals surface area (Å²) in [5, 5.41) is 3.76. The number of nitrogens with one attached hydrogen (secondary N) is 1. The average Bonchev–Trinajstić information content (AvgIpc) is 2.69. The molecule has 2 rings (SSSR count). The van der Waals surface area contributed by atoms with Gasteiger partial charge in [-0.05, 0) is 24.3 Å². The Morgan fingerprint density at radius 3 is 2.33 bits per heavy atom. The first-order valence-corrected chi connectivity index (χ1v) is 4.18. The molecule has 6 heteroatoms. The van der Waals surface area contributed by atoms with Gasteiger partial charge in [-0.2, -0.15) is 13.2 Å². The number of ether oxygens (including phenoxy) is 1. The maximum Gasteiger partial charge on any atom is 0.416 e. The van der Waals surface area contributed by atoms with Crippen LogP contribution in [0.25, 0.3) is 0 Å². The first-order chi connectivity index (χ1) is 7.07. The molecule has 1 N–H and O–H groups in total. The van der Waals surface area contributed by atoms with Gasteiger partial charge in [-0.15, -0.1) is 5.10 Å². The Kier molecular flexibility index (Phi) is 2.26. The number of hydrazone groups is 1. The van der Waals surface area contributed by atoms with Crippen LogP contribution in [0.1, 0.15) is 11.1 Å². The second-order valence-corrected chi connectivity index (χ2v) is 2.94. The maximum absolute atomic E-state index is 12.2. The van der Waals surface area contributed by atoms with E-state index in [9.17, 15) is 13.2 Å². The Morgan fingerprint density at radius 1 is 1.20 bits per heavy atom. The standard InChI is InChI=1S/C9H7F3N2O/c10-9(11,12)7-3-1-6(2-4-7)8-14-13-5-15-8/h1-4,13H,5H2. The highest BCUT2D eigenvalue weighted by Gasteiger charge is 2.30. The molecule has 80 valence electrons. The van der Waals surface area contributed by atoms with Crippen LogP contribution in [-0.2, 0) is 10.9 Å². The van der Waals surface area contributed by atoms with Gasteiger partial charge in [0.25, 0.3) is 0 Å². The van der Waals surface area contributed by atoms with E-state index in [1.807, 2.05) is 0 Å². The number of halogens is 3. The Morgan fingerprint density at radius 2 is 1.87 bits per heavy atom. The van der Waals surface area contributed by atoms with Gasteiger partial charge >= 0.3 is 6.18 Å². The molecular formula is C9H7F3N2O. The summed E-state index contributed by atoms with van der Waals surface area (Å²) >= 11 is 0. The molecule has 1 aliphatic rings. The van der Waals surface area contributed by atoms with E-state index in [2.05, 4.69) is 10.5 Å². The van der Waals surface area contributed by atoms with Crippen molar-refractivity contribution in [2.24, 2.45) is 5.10 Å². The van der Waals surface area contributed by atoms with Crippen molar-refractivity contribution in [1.29, 1.82) is 0 Å². The molecule has 1 aliphatic heterocycles. The predicted octanol–water partition coefficient (Wildman–Crippen LogP) is 1.94. The third-order valence-electron chi connectivity index (χ3n) is 1.91. The summed E-state index contributed by atoms with van der Waals surface area (Å²) in [6, 6.07) is 4.66. The second-order valence-electron chi connectivity index (χ2n) is 2.94. The largest absolute Gasteiger partial charge is 0.454 e. The fourth-order valence-corrected chi connectivity index (χ4v) is 1.19. The van der Waals surface area contributed by atoms with Crippen LogP contribution in [0.5, 0.6) is 0 Å². The summed E-state index contributed by atoms with van der Waals surface area (Å²) in [4.78, 5) is 0. The molecule has 0 bridgehead atoms. The maximum atomic E-state index is 12.2. The van der Waals surface area contributed by atoms with E-state index >= 15 is 0 Å². The van der Waals surface area contributed by atoms with Gasteiger partial charge in [0.05, 0.1) is 5.56 Å². The summed E-state index contributed by atoms with van der Waals surface area (Å²) in [6.07, 6.45) is -4.31. The number of benzene rings is 1. The van der Waals surface area contributed by atoms with Gasteiger partial charge in [0.2, 0.25) is 5.90 Å². The molecule has 0 aromatic heterocycles. The van der Waals surface area contributed by atoms with Gasteiger partial charge in [-0.1, -0.05) is 0 Å². The fraction of sp³-hybridized carbons (Fsp3) is 0.222. The lowest BCUT2D eigenvalue weighted by molar-refractivity contribution is -0.137. The smallest absolute Gasteiger partial charge is 0.416 e. The highest BCUT2D eigenvalue weighted by Crippen LogP contribution is 2.29. The quantitative estimate of drug-likeness (QED) is 0.778. The lowest BCUT2D eigenvalue weighted by atomic mass is 10.1. The van der Waals surface area contributed by atoms with Crippen LogP contribution in [0, 0.1) is 0 Å². The molecule has 0 fully saturated rings. The third-order valence-corrected chi connectivity index (χ3v) is 1.91. The molecule has 0 saturated heterocycles. The van der Waals surface area contributed by atoms with Gasteiger partial charge < -0.3 is 4.74 Å². The topological polar surface area (TPSA) is 33.6 Å². The Bertz CT molecular complexity index is 383. The number of hydrogen-bond acceptors (Lipinski definition) is 3. The van der Waals surface area contributed by atoms with Crippen LogP contribution in [0.4, 0.5) is 13.2 Å². The minimum absolute atomic E-state index is 0.246. The van der Waals surface area contributed by atoms with E-state index < -0.39 is 11.7 Å². The van der Waals surface area contributed by atoms with Gasteiger partial charge in [0, 0.05) is 5.56 Å². The monoisotopic (exact) mass is 216 g/mol. The van der Waals surface area contributed by atoms with Gasteiger partial charge in [-0.3, -0.25) is 5.43 Å². The summed E-state index contributed by atoms with van der Waals surface area (Å²) in [6.45, 7) is 0.246. The lowest BCUT2D eigenvalue weighted by Gasteiger charge is -2.06. The average molecular weight is 216 g/mol. The first-order valence-electron chi connectivity index (χ1n) is 4.18. The Balaban J connectivity index is 2.24. The van der Waals surface area contributed by atoms with Crippen LogP contribution in [0.2, 0.25) is 0 Å². The van der Waals surface area contributed by atoms with Crippen molar-refractivity contribution in [3.63, 3.8) is 0 Å². The van der Waals surface area contributed by atoms with Crippen LogP contribution in [0.3, 0.4) is 0 Å². The van der Waals surface area contributed by atoms with Crippen molar-refractivity contribution < 1.29 is 17.9 Å². The minimum Gasteiger partial charge on any atom is -0.454 e. The summed E-state index contributed by atoms with van der Waals surface area (Å²) < 4.78 is 41.7. The van der Waals surface area contributed by atoms with E-state index in [-0.39, 0.29) is 6.73 Å². The Labute approximate surface area is 83.5 Å². The molecule has 3 nitrogen and oxygen atoms in total. The molecule has 1 heterocycles. The van der Waals surface area contributed by atoms with E-state index in [0.29, 0.717) is 11.5 Å². The molecule has 0 unspecified atom stereocenters. The number of rotatable bonds is 1. The van der Waals surface area contributed by atoms with E-state index in [1.165, 1.54) is 12.1 Å². The van der Waals surface area contributed by atoms with Crippen LogP contribution in [-0.4, -0.2) is 12.6 Å². The molecule has 0 aliphatic carbocycles. The molecule has 15 heavy (non-hydrogen) atoms. The van der Waals surface area contributed by atoms with Gasteiger partial charge in [-0.25, -0.2) is 0 Å². The van der Waals surface area contributed by atoms with Crippen molar-refractivity contribution in [3.8, 4) is 0 Å². The molecule has 0 amide bonds. The molecular weight excluding hydrogens is 209 g/mol. The van der Waals surface area contributed by atoms with E-state index in [1.54, 1.807) is 0 Å². The second kappa shape index (κ2) is 3.45. The molecule has 0 radical (unpaired) electrons. The Hall–Kier alpha value is -1.72. The first kappa shape index (κ1) is 9.82. The molecule has 0 saturated carbocycles. The third kappa shape index (κ3) is 2.03. The summed E-state index contributed by atoms with van der Waals surface area (Å²) in [7, 11) is 0. The zero-order valence-electron chi connectivity index (χ0n) is 7.51. The highest BCUT2D eigenvalue weighted by atomic mass is 19.4. The van der Waals surface area contributed by atoms with Crippen molar-refractivity contribution in [3.05, 3.63) is 35.4 Å². The number of hydrogen-bond donors (Lipinski definition) is 1. The van der Waals surface area contributed by atoms with E-state index in [0.717, 1.165) is 12.1 Å². The normalized spacial score (nSPS) is 15.5. The van der Waals surface area contributed by atoms with Crippen LogP contribution >= 0.6 is 0 Å². The van der Waals surface area contributed by atoms with Crippen molar-refractivity contribution in [2.45, 2.75) is 6.18 Å². The van der Waals surface area contributed by atoms with Crippen LogP contribution in [0.15, 0.2) is 29.4 Å². The fourth-order valence-electron chi connectivity index (χ4n) is 1.19. The van der Waals surface area contributed by atoms with Crippen LogP contribution < -0.4 is 5.43 Å². The lowest BCUT2D eigenvalue weighted by Crippen LogP contribution is -2.06. The van der Waals surface area contributed by atoms with Gasteiger partial charge in [0.1, 0.15) is 0 Å². The SMILES string of the molecule is FC(F)(F)c1ccc(C2=NNCO2)cc1. The molecule has 0 atom stereocenters. The van der Waals surface area contributed by atoms with Gasteiger partial charge in [0.15, 0.2) is 6.73 Å². The zero-order valence-corrected chi connectivity index (χ0v) is 7.51. The predicted molar refractivity (Wildman–Crippen MR) is 47.1 cm³/mol. The zero-order chi connectivity index (χ0) is 10.9. The summed E-state index contributed by atoms with van der Waals surface area (Å²) in [5.74, 6) is 0.309. The molecule has 1 aromatic carbocycles. The van der Waals surface area contributed by atoms with E-state index in [4.69, 9.17) is 4.74 Å². The molecule has 0 spiro atoms. The van der Waals surface area contributed by atoms with Crippen molar-refractivity contribution in [1.82, 2.24) is 5.43 Å². The highest BCUT2D eigenvalue weighted by molar-refractivity contribution is 5.94.